The molecule has 0 radical (unpaired) electrons. The van der Waals surface area contributed by atoms with Crippen LogP contribution in [0.1, 0.15) is 31.9 Å². The van der Waals surface area contributed by atoms with Gasteiger partial charge in [-0.2, -0.15) is 0 Å². The van der Waals surface area contributed by atoms with Gasteiger partial charge in [0.25, 0.3) is 0 Å². The van der Waals surface area contributed by atoms with Gasteiger partial charge in [-0.1, -0.05) is 13.8 Å². The fourth-order valence-electron chi connectivity index (χ4n) is 1.96. The first-order valence-electron chi connectivity index (χ1n) is 6.09. The average Bonchev–Trinajstić information content (AvgIpc) is 2.35. The van der Waals surface area contributed by atoms with Crippen LogP contribution < -0.4 is 19.9 Å². The van der Waals surface area contributed by atoms with Gasteiger partial charge in [0.15, 0.2) is 11.5 Å². The molecule has 4 heteroatoms. The number of hydrogen-bond donors (Lipinski definition) is 1. The highest BCUT2D eigenvalue weighted by Crippen LogP contribution is 2.40. The van der Waals surface area contributed by atoms with Gasteiger partial charge in [0, 0.05) is 6.04 Å². The first-order chi connectivity index (χ1) is 8.53. The highest BCUT2D eigenvalue weighted by molar-refractivity contribution is 5.54. The second-order valence-electron chi connectivity index (χ2n) is 4.69. The first kappa shape index (κ1) is 14.6. The number of ether oxygens (including phenoxy) is 3. The molecule has 0 aliphatic heterocycles. The van der Waals surface area contributed by atoms with Crippen LogP contribution in [0, 0.1) is 5.92 Å². The Balaban J connectivity index is 3.14. The minimum absolute atomic E-state index is 0.0290. The molecule has 0 amide bonds. The molecule has 1 aromatic rings. The predicted octanol–water partition coefficient (Wildman–Crippen LogP) is 2.76. The molecule has 4 nitrogen and oxygen atoms in total. The Morgan fingerprint density at radius 2 is 1.50 bits per heavy atom. The Hall–Kier alpha value is -1.42. The smallest absolute Gasteiger partial charge is 0.203 e. The van der Waals surface area contributed by atoms with Crippen molar-refractivity contribution in [3.63, 3.8) is 0 Å². The third kappa shape index (κ3) is 3.29. The Morgan fingerprint density at radius 1 is 1.00 bits per heavy atom. The fourth-order valence-corrected chi connectivity index (χ4v) is 1.96. The molecular weight excluding hydrogens is 230 g/mol. The van der Waals surface area contributed by atoms with Crippen molar-refractivity contribution in [1.29, 1.82) is 0 Å². The number of methoxy groups -OCH3 is 3. The molecule has 0 saturated heterocycles. The Labute approximate surface area is 109 Å². The van der Waals surface area contributed by atoms with Crippen LogP contribution in [0.2, 0.25) is 0 Å². The minimum atomic E-state index is -0.0290. The van der Waals surface area contributed by atoms with Crippen LogP contribution >= 0.6 is 0 Å². The van der Waals surface area contributed by atoms with Gasteiger partial charge in [0.05, 0.1) is 21.3 Å². The summed E-state index contributed by atoms with van der Waals surface area (Å²) < 4.78 is 15.9. The summed E-state index contributed by atoms with van der Waals surface area (Å²) in [6.07, 6.45) is 0.915. The van der Waals surface area contributed by atoms with E-state index < -0.39 is 0 Å². The second kappa shape index (κ2) is 6.50. The molecule has 1 rings (SSSR count). The van der Waals surface area contributed by atoms with E-state index in [2.05, 4.69) is 13.8 Å². The molecule has 1 aromatic carbocycles. The number of benzene rings is 1. The normalized spacial score (nSPS) is 12.4. The van der Waals surface area contributed by atoms with Gasteiger partial charge in [-0.3, -0.25) is 0 Å². The predicted molar refractivity (Wildman–Crippen MR) is 72.5 cm³/mol. The Kier molecular flexibility index (Phi) is 5.28. The molecular formula is C14H23NO3. The fraction of sp³-hybridized carbons (Fsp3) is 0.571. The van der Waals surface area contributed by atoms with Crippen molar-refractivity contribution in [3.8, 4) is 17.2 Å². The number of nitrogens with two attached hydrogens (primary N) is 1. The summed E-state index contributed by atoms with van der Waals surface area (Å²) >= 11 is 0. The molecule has 0 saturated carbocycles. The van der Waals surface area contributed by atoms with Gasteiger partial charge in [-0.25, -0.2) is 0 Å². The van der Waals surface area contributed by atoms with E-state index in [4.69, 9.17) is 19.9 Å². The van der Waals surface area contributed by atoms with E-state index in [1.54, 1.807) is 21.3 Å². The van der Waals surface area contributed by atoms with E-state index >= 15 is 0 Å². The van der Waals surface area contributed by atoms with E-state index in [1.807, 2.05) is 12.1 Å². The van der Waals surface area contributed by atoms with E-state index in [9.17, 15) is 0 Å². The molecule has 0 fully saturated rings. The molecule has 0 aromatic heterocycles. The lowest BCUT2D eigenvalue weighted by Crippen LogP contribution is -2.13. The number of hydrogen-bond acceptors (Lipinski definition) is 4. The van der Waals surface area contributed by atoms with Gasteiger partial charge in [-0.15, -0.1) is 0 Å². The molecule has 0 heterocycles. The van der Waals surface area contributed by atoms with Crippen molar-refractivity contribution in [2.45, 2.75) is 26.3 Å². The second-order valence-corrected chi connectivity index (χ2v) is 4.69. The van der Waals surface area contributed by atoms with Crippen molar-refractivity contribution in [3.05, 3.63) is 17.7 Å². The molecule has 0 aliphatic rings. The van der Waals surface area contributed by atoms with Crippen molar-refractivity contribution < 1.29 is 14.2 Å². The standard InChI is InChI=1S/C14H23NO3/c1-9(2)6-11(15)10-7-12(16-3)14(18-5)13(8-10)17-4/h7-9,11H,6,15H2,1-5H3. The van der Waals surface area contributed by atoms with Crippen LogP contribution in [0.4, 0.5) is 0 Å². The van der Waals surface area contributed by atoms with Crippen molar-refractivity contribution >= 4 is 0 Å². The number of rotatable bonds is 6. The molecule has 0 spiro atoms. The van der Waals surface area contributed by atoms with Gasteiger partial charge in [-0.05, 0) is 30.0 Å². The van der Waals surface area contributed by atoms with Gasteiger partial charge < -0.3 is 19.9 Å². The summed E-state index contributed by atoms with van der Waals surface area (Å²) in [5.74, 6) is 2.43. The zero-order valence-corrected chi connectivity index (χ0v) is 11.8. The quantitative estimate of drug-likeness (QED) is 0.847. The first-order valence-corrected chi connectivity index (χ1v) is 6.09. The highest BCUT2D eigenvalue weighted by atomic mass is 16.5. The van der Waals surface area contributed by atoms with E-state index in [0.29, 0.717) is 23.2 Å². The topological polar surface area (TPSA) is 53.7 Å². The summed E-state index contributed by atoms with van der Waals surface area (Å²) in [4.78, 5) is 0. The lowest BCUT2D eigenvalue weighted by atomic mass is 9.97. The molecule has 1 unspecified atom stereocenters. The summed E-state index contributed by atoms with van der Waals surface area (Å²) in [5.41, 5.74) is 7.18. The molecule has 102 valence electrons. The van der Waals surface area contributed by atoms with Crippen LogP contribution in [-0.4, -0.2) is 21.3 Å². The SMILES string of the molecule is COc1cc(C(N)CC(C)C)cc(OC)c1OC. The molecule has 0 bridgehead atoms. The van der Waals surface area contributed by atoms with Gasteiger partial charge in [0.2, 0.25) is 5.75 Å². The monoisotopic (exact) mass is 253 g/mol. The summed E-state index contributed by atoms with van der Waals surface area (Å²) in [6.45, 7) is 4.30. The Morgan fingerprint density at radius 3 is 1.83 bits per heavy atom. The van der Waals surface area contributed by atoms with E-state index in [-0.39, 0.29) is 6.04 Å². The zero-order chi connectivity index (χ0) is 13.7. The highest BCUT2D eigenvalue weighted by Gasteiger charge is 2.17. The van der Waals surface area contributed by atoms with Gasteiger partial charge in [0.1, 0.15) is 0 Å². The lowest BCUT2D eigenvalue weighted by Gasteiger charge is -2.18. The van der Waals surface area contributed by atoms with Crippen LogP contribution in [0.5, 0.6) is 17.2 Å². The molecule has 18 heavy (non-hydrogen) atoms. The third-order valence-electron chi connectivity index (χ3n) is 2.84. The van der Waals surface area contributed by atoms with E-state index in [1.165, 1.54) is 0 Å². The zero-order valence-electron chi connectivity index (χ0n) is 11.8. The molecule has 0 aliphatic carbocycles. The van der Waals surface area contributed by atoms with Crippen molar-refractivity contribution in [2.24, 2.45) is 11.7 Å². The average molecular weight is 253 g/mol. The summed E-state index contributed by atoms with van der Waals surface area (Å²) in [7, 11) is 4.80. The van der Waals surface area contributed by atoms with Gasteiger partial charge >= 0.3 is 0 Å². The Bertz CT molecular complexity index is 366. The van der Waals surface area contributed by atoms with Crippen LogP contribution in [-0.2, 0) is 0 Å². The van der Waals surface area contributed by atoms with Crippen LogP contribution in [0.3, 0.4) is 0 Å². The van der Waals surface area contributed by atoms with Crippen molar-refractivity contribution in [1.82, 2.24) is 0 Å². The summed E-state index contributed by atoms with van der Waals surface area (Å²) in [5, 5.41) is 0. The van der Waals surface area contributed by atoms with Crippen LogP contribution in [0.25, 0.3) is 0 Å². The summed E-state index contributed by atoms with van der Waals surface area (Å²) in [6, 6.07) is 3.79. The molecule has 1 atom stereocenters. The maximum atomic E-state index is 6.18. The largest absolute Gasteiger partial charge is 0.493 e. The maximum absolute atomic E-state index is 6.18. The maximum Gasteiger partial charge on any atom is 0.203 e. The van der Waals surface area contributed by atoms with Crippen molar-refractivity contribution in [2.75, 3.05) is 21.3 Å². The minimum Gasteiger partial charge on any atom is -0.493 e. The van der Waals surface area contributed by atoms with E-state index in [0.717, 1.165) is 12.0 Å². The van der Waals surface area contributed by atoms with Crippen LogP contribution in [0.15, 0.2) is 12.1 Å². The third-order valence-corrected chi connectivity index (χ3v) is 2.84. The molecule has 2 N–H and O–H groups in total. The lowest BCUT2D eigenvalue weighted by molar-refractivity contribution is 0.323.